The number of imidazole rings is 1. The number of rotatable bonds is 2. The molecule has 2 rings (SSSR count). The predicted octanol–water partition coefficient (Wildman–Crippen LogP) is 3.18. The van der Waals surface area contributed by atoms with Crippen LogP contribution in [0.15, 0.2) is 36.7 Å². The van der Waals surface area contributed by atoms with Gasteiger partial charge in [-0.05, 0) is 24.3 Å². The first kappa shape index (κ1) is 11.7. The predicted molar refractivity (Wildman–Crippen MR) is 67.5 cm³/mol. The summed E-state index contributed by atoms with van der Waals surface area (Å²) in [6.07, 6.45) is 3.96. The van der Waals surface area contributed by atoms with Gasteiger partial charge in [-0.1, -0.05) is 18.5 Å². The van der Waals surface area contributed by atoms with E-state index in [1.165, 1.54) is 4.57 Å². The molecule has 17 heavy (non-hydrogen) atoms. The number of benzene rings is 1. The molecule has 1 aromatic carbocycles. The van der Waals surface area contributed by atoms with Crippen LogP contribution in [0, 0.1) is 0 Å². The standard InChI is InChI=1S/C12H12ClN3O/c1-2-11-14-7-8-16(11)12(17)15-10-5-3-9(13)4-6-10/h3-8H,2H2,1H3,(H,15,17). The van der Waals surface area contributed by atoms with Gasteiger partial charge in [0.2, 0.25) is 0 Å². The molecule has 0 aliphatic rings. The highest BCUT2D eigenvalue weighted by Gasteiger charge is 2.08. The average Bonchev–Trinajstić information content (AvgIpc) is 2.80. The Hall–Kier alpha value is -1.81. The van der Waals surface area contributed by atoms with Crippen LogP contribution in [0.25, 0.3) is 0 Å². The summed E-state index contributed by atoms with van der Waals surface area (Å²) in [5.74, 6) is 0.733. The second kappa shape index (κ2) is 5.01. The summed E-state index contributed by atoms with van der Waals surface area (Å²) in [7, 11) is 0. The smallest absolute Gasteiger partial charge is 0.307 e. The number of carbonyl (C=O) groups is 1. The molecule has 0 aliphatic heterocycles. The number of nitrogens with one attached hydrogen (secondary N) is 1. The summed E-state index contributed by atoms with van der Waals surface area (Å²) in [5.41, 5.74) is 0.704. The number of aryl methyl sites for hydroxylation is 1. The minimum absolute atomic E-state index is 0.221. The van der Waals surface area contributed by atoms with Crippen LogP contribution in [0.4, 0.5) is 10.5 Å². The van der Waals surface area contributed by atoms with Crippen molar-refractivity contribution in [2.45, 2.75) is 13.3 Å². The summed E-state index contributed by atoms with van der Waals surface area (Å²) >= 11 is 5.77. The van der Waals surface area contributed by atoms with Gasteiger partial charge in [0.15, 0.2) is 0 Å². The summed E-state index contributed by atoms with van der Waals surface area (Å²) < 4.78 is 1.49. The number of hydrogen-bond donors (Lipinski definition) is 1. The molecule has 4 nitrogen and oxygen atoms in total. The lowest BCUT2D eigenvalue weighted by atomic mass is 10.3. The third-order valence-corrected chi connectivity index (χ3v) is 2.60. The molecule has 0 atom stereocenters. The van der Waals surface area contributed by atoms with E-state index >= 15 is 0 Å². The third kappa shape index (κ3) is 2.65. The van der Waals surface area contributed by atoms with Crippen LogP contribution in [-0.2, 0) is 6.42 Å². The molecule has 0 aliphatic carbocycles. The van der Waals surface area contributed by atoms with Crippen molar-refractivity contribution in [1.29, 1.82) is 0 Å². The number of anilines is 1. The van der Waals surface area contributed by atoms with Crippen LogP contribution in [0.2, 0.25) is 5.02 Å². The molecule has 0 saturated heterocycles. The van der Waals surface area contributed by atoms with Crippen LogP contribution in [0.5, 0.6) is 0 Å². The van der Waals surface area contributed by atoms with Gasteiger partial charge in [0.25, 0.3) is 0 Å². The molecule has 1 aromatic heterocycles. The Labute approximate surface area is 104 Å². The largest absolute Gasteiger partial charge is 0.331 e. The van der Waals surface area contributed by atoms with Gasteiger partial charge in [-0.25, -0.2) is 9.78 Å². The minimum Gasteiger partial charge on any atom is -0.307 e. The SMILES string of the molecule is CCc1nccn1C(=O)Nc1ccc(Cl)cc1. The van der Waals surface area contributed by atoms with Gasteiger partial charge in [0.1, 0.15) is 5.82 Å². The molecule has 0 unspecified atom stereocenters. The van der Waals surface area contributed by atoms with Crippen molar-refractivity contribution in [3.8, 4) is 0 Å². The fourth-order valence-corrected chi connectivity index (χ4v) is 1.62. The Bertz CT molecular complexity index is 519. The van der Waals surface area contributed by atoms with Gasteiger partial charge in [-0.3, -0.25) is 4.57 Å². The molecule has 0 bridgehead atoms. The van der Waals surface area contributed by atoms with Crippen molar-refractivity contribution in [2.75, 3.05) is 5.32 Å². The Morgan fingerprint density at radius 3 is 2.76 bits per heavy atom. The fourth-order valence-electron chi connectivity index (χ4n) is 1.50. The van der Waals surface area contributed by atoms with Gasteiger partial charge < -0.3 is 5.32 Å². The monoisotopic (exact) mass is 249 g/mol. The van der Waals surface area contributed by atoms with Gasteiger partial charge in [0.05, 0.1) is 0 Å². The summed E-state index contributed by atoms with van der Waals surface area (Å²) in [6.45, 7) is 1.95. The van der Waals surface area contributed by atoms with Gasteiger partial charge in [-0.15, -0.1) is 0 Å². The third-order valence-electron chi connectivity index (χ3n) is 2.35. The van der Waals surface area contributed by atoms with E-state index in [9.17, 15) is 4.79 Å². The highest BCUT2D eigenvalue weighted by atomic mass is 35.5. The maximum Gasteiger partial charge on any atom is 0.331 e. The first-order valence-corrected chi connectivity index (χ1v) is 5.67. The average molecular weight is 250 g/mol. The van der Waals surface area contributed by atoms with Gasteiger partial charge in [-0.2, -0.15) is 0 Å². The topological polar surface area (TPSA) is 46.9 Å². The first-order chi connectivity index (χ1) is 8.20. The van der Waals surface area contributed by atoms with E-state index in [2.05, 4.69) is 10.3 Å². The zero-order chi connectivity index (χ0) is 12.3. The summed E-state index contributed by atoms with van der Waals surface area (Å²) in [6, 6.07) is 6.74. The van der Waals surface area contributed by atoms with E-state index in [1.807, 2.05) is 6.92 Å². The molecule has 88 valence electrons. The number of halogens is 1. The zero-order valence-electron chi connectivity index (χ0n) is 9.35. The minimum atomic E-state index is -0.221. The van der Waals surface area contributed by atoms with Crippen molar-refractivity contribution >= 4 is 23.3 Å². The van der Waals surface area contributed by atoms with E-state index in [0.29, 0.717) is 17.1 Å². The second-order valence-corrected chi connectivity index (χ2v) is 3.94. The first-order valence-electron chi connectivity index (χ1n) is 5.30. The number of carbonyl (C=O) groups excluding carboxylic acids is 1. The normalized spacial score (nSPS) is 10.2. The number of nitrogens with zero attached hydrogens (tertiary/aromatic N) is 2. The lowest BCUT2D eigenvalue weighted by molar-refractivity contribution is 0.253. The van der Waals surface area contributed by atoms with Gasteiger partial charge >= 0.3 is 6.03 Å². The van der Waals surface area contributed by atoms with Crippen molar-refractivity contribution in [3.63, 3.8) is 0 Å². The van der Waals surface area contributed by atoms with E-state index in [0.717, 1.165) is 5.82 Å². The molecular formula is C12H12ClN3O. The van der Waals surface area contributed by atoms with Crippen LogP contribution >= 0.6 is 11.6 Å². The Morgan fingerprint density at radius 1 is 1.41 bits per heavy atom. The van der Waals surface area contributed by atoms with Crippen LogP contribution in [-0.4, -0.2) is 15.6 Å². The Balaban J connectivity index is 2.14. The lowest BCUT2D eigenvalue weighted by Gasteiger charge is -2.07. The van der Waals surface area contributed by atoms with Crippen LogP contribution in [0.3, 0.4) is 0 Å². The summed E-state index contributed by atoms with van der Waals surface area (Å²) in [4.78, 5) is 16.0. The Kier molecular flexibility index (Phi) is 3.44. The van der Waals surface area contributed by atoms with Gasteiger partial charge in [0, 0.05) is 29.5 Å². The zero-order valence-corrected chi connectivity index (χ0v) is 10.1. The lowest BCUT2D eigenvalue weighted by Crippen LogP contribution is -2.20. The molecule has 2 aromatic rings. The van der Waals surface area contributed by atoms with Crippen molar-refractivity contribution in [1.82, 2.24) is 9.55 Å². The van der Waals surface area contributed by atoms with Crippen molar-refractivity contribution < 1.29 is 4.79 Å². The quantitative estimate of drug-likeness (QED) is 0.889. The molecule has 0 saturated carbocycles. The molecule has 1 heterocycles. The number of amides is 1. The molecule has 1 N–H and O–H groups in total. The molecule has 0 spiro atoms. The maximum atomic E-state index is 11.9. The molecule has 5 heteroatoms. The van der Waals surface area contributed by atoms with Crippen LogP contribution < -0.4 is 5.32 Å². The second-order valence-electron chi connectivity index (χ2n) is 3.50. The fraction of sp³-hybridized carbons (Fsp3) is 0.167. The van der Waals surface area contributed by atoms with Crippen LogP contribution in [0.1, 0.15) is 12.7 Å². The highest BCUT2D eigenvalue weighted by molar-refractivity contribution is 6.30. The van der Waals surface area contributed by atoms with Crippen molar-refractivity contribution in [2.24, 2.45) is 0 Å². The molecule has 0 fully saturated rings. The van der Waals surface area contributed by atoms with E-state index in [1.54, 1.807) is 36.7 Å². The molecular weight excluding hydrogens is 238 g/mol. The molecule has 0 radical (unpaired) electrons. The van der Waals surface area contributed by atoms with E-state index < -0.39 is 0 Å². The van der Waals surface area contributed by atoms with Crippen molar-refractivity contribution in [3.05, 3.63) is 47.5 Å². The summed E-state index contributed by atoms with van der Waals surface area (Å²) in [5, 5.41) is 3.41. The van der Waals surface area contributed by atoms with E-state index in [-0.39, 0.29) is 6.03 Å². The molecule has 1 amide bonds. The number of aromatic nitrogens is 2. The van der Waals surface area contributed by atoms with E-state index in [4.69, 9.17) is 11.6 Å². The number of hydrogen-bond acceptors (Lipinski definition) is 2. The highest BCUT2D eigenvalue weighted by Crippen LogP contribution is 2.13. The maximum absolute atomic E-state index is 11.9. The Morgan fingerprint density at radius 2 is 2.12 bits per heavy atom.